The molecule has 1 aromatic carbocycles. The summed E-state index contributed by atoms with van der Waals surface area (Å²) in [5, 5.41) is 2.98. The molecule has 0 radical (unpaired) electrons. The van der Waals surface area contributed by atoms with Crippen LogP contribution in [0.1, 0.15) is 12.0 Å². The quantitative estimate of drug-likeness (QED) is 0.883. The predicted octanol–water partition coefficient (Wildman–Crippen LogP) is 1.75. The molecule has 4 heterocycles. The second-order valence-electron chi connectivity index (χ2n) is 7.16. The number of hydrogen-bond acceptors (Lipinski definition) is 7. The highest BCUT2D eigenvalue weighted by Crippen LogP contribution is 2.36. The van der Waals surface area contributed by atoms with E-state index in [0.717, 1.165) is 5.56 Å². The lowest BCUT2D eigenvalue weighted by Gasteiger charge is -2.32. The van der Waals surface area contributed by atoms with Crippen LogP contribution in [0, 0.1) is 12.8 Å². The summed E-state index contributed by atoms with van der Waals surface area (Å²) >= 11 is 0. The number of morpholine rings is 1. The average molecular weight is 368 g/mol. The van der Waals surface area contributed by atoms with E-state index in [1.54, 1.807) is 12.1 Å². The van der Waals surface area contributed by atoms with Crippen molar-refractivity contribution in [1.82, 2.24) is 9.97 Å². The third kappa shape index (κ3) is 3.06. The lowest BCUT2D eigenvalue weighted by molar-refractivity contribution is -0.121. The number of hydrogen-bond donors (Lipinski definition) is 1. The smallest absolute Gasteiger partial charge is 0.231 e. The SMILES string of the molecule is Cc1cnc(N2C[C@@H]3C[C@@H](C(=O)Nc4ccc5c(c4)OCO5)[C@H](C2)O3)nc1. The number of ether oxygens (including phenoxy) is 3. The molecule has 8 nitrogen and oxygen atoms in total. The van der Waals surface area contributed by atoms with Crippen molar-refractivity contribution in [3.8, 4) is 11.5 Å². The molecule has 1 amide bonds. The van der Waals surface area contributed by atoms with Crippen molar-refractivity contribution in [3.05, 3.63) is 36.2 Å². The topological polar surface area (TPSA) is 85.8 Å². The highest BCUT2D eigenvalue weighted by molar-refractivity contribution is 5.93. The number of nitrogens with zero attached hydrogens (tertiary/aromatic N) is 3. The second kappa shape index (κ2) is 6.38. The molecule has 0 unspecified atom stereocenters. The molecular weight excluding hydrogens is 348 g/mol. The van der Waals surface area contributed by atoms with Gasteiger partial charge >= 0.3 is 0 Å². The zero-order chi connectivity index (χ0) is 18.4. The van der Waals surface area contributed by atoms with Crippen molar-refractivity contribution >= 4 is 17.5 Å². The Morgan fingerprint density at radius 1 is 1.19 bits per heavy atom. The van der Waals surface area contributed by atoms with Gasteiger partial charge in [-0.1, -0.05) is 0 Å². The fraction of sp³-hybridized carbons (Fsp3) is 0.421. The third-order valence-electron chi connectivity index (χ3n) is 5.18. The van der Waals surface area contributed by atoms with Crippen molar-refractivity contribution in [1.29, 1.82) is 0 Å². The molecule has 1 N–H and O–H groups in total. The van der Waals surface area contributed by atoms with Gasteiger partial charge in [-0.2, -0.15) is 0 Å². The minimum atomic E-state index is -0.198. The lowest BCUT2D eigenvalue weighted by atomic mass is 9.99. The summed E-state index contributed by atoms with van der Waals surface area (Å²) in [7, 11) is 0. The Morgan fingerprint density at radius 2 is 2.00 bits per heavy atom. The third-order valence-corrected chi connectivity index (χ3v) is 5.18. The van der Waals surface area contributed by atoms with E-state index in [4.69, 9.17) is 14.2 Å². The number of benzene rings is 1. The Bertz CT molecular complexity index is 873. The Kier molecular flexibility index (Phi) is 3.86. The number of nitrogens with one attached hydrogen (secondary N) is 1. The number of carbonyl (C=O) groups is 1. The van der Waals surface area contributed by atoms with E-state index >= 15 is 0 Å². The molecule has 27 heavy (non-hydrogen) atoms. The van der Waals surface area contributed by atoms with Gasteiger partial charge in [0.2, 0.25) is 18.6 Å². The number of anilines is 2. The maximum absolute atomic E-state index is 12.8. The van der Waals surface area contributed by atoms with E-state index < -0.39 is 0 Å². The molecule has 0 spiro atoms. The van der Waals surface area contributed by atoms with E-state index in [0.29, 0.717) is 42.6 Å². The Labute approximate surface area is 156 Å². The fourth-order valence-corrected chi connectivity index (χ4v) is 3.86. The van der Waals surface area contributed by atoms with Crippen LogP contribution >= 0.6 is 0 Å². The molecule has 2 saturated heterocycles. The molecule has 3 atom stereocenters. The fourth-order valence-electron chi connectivity index (χ4n) is 3.86. The largest absolute Gasteiger partial charge is 0.454 e. The van der Waals surface area contributed by atoms with Crippen molar-refractivity contribution in [2.24, 2.45) is 5.92 Å². The Hall–Kier alpha value is -2.87. The van der Waals surface area contributed by atoms with E-state index in [-0.39, 0.29) is 30.8 Å². The van der Waals surface area contributed by atoms with Gasteiger partial charge in [-0.05, 0) is 31.0 Å². The normalized spacial score (nSPS) is 25.5. The van der Waals surface area contributed by atoms with Crippen LogP contribution in [0.15, 0.2) is 30.6 Å². The average Bonchev–Trinajstić information content (AvgIpc) is 3.25. The first-order chi connectivity index (χ1) is 13.2. The van der Waals surface area contributed by atoms with Gasteiger partial charge in [-0.3, -0.25) is 4.79 Å². The number of amides is 1. The zero-order valence-electron chi connectivity index (χ0n) is 14.9. The van der Waals surface area contributed by atoms with Gasteiger partial charge in [0.05, 0.1) is 18.1 Å². The molecule has 1 aromatic heterocycles. The minimum absolute atomic E-state index is 0.0150. The van der Waals surface area contributed by atoms with Gasteiger partial charge in [-0.25, -0.2) is 9.97 Å². The van der Waals surface area contributed by atoms with Crippen LogP contribution in [-0.4, -0.2) is 48.0 Å². The zero-order valence-corrected chi connectivity index (χ0v) is 14.9. The highest BCUT2D eigenvalue weighted by Gasteiger charge is 2.45. The number of carbonyl (C=O) groups excluding carboxylic acids is 1. The number of aromatic nitrogens is 2. The summed E-state index contributed by atoms with van der Waals surface area (Å²) in [5.41, 5.74) is 1.72. The van der Waals surface area contributed by atoms with Crippen LogP contribution in [0.3, 0.4) is 0 Å². The van der Waals surface area contributed by atoms with Gasteiger partial charge in [0, 0.05) is 37.2 Å². The lowest BCUT2D eigenvalue weighted by Crippen LogP contribution is -2.45. The van der Waals surface area contributed by atoms with Crippen LogP contribution in [0.2, 0.25) is 0 Å². The number of aryl methyl sites for hydroxylation is 1. The molecule has 140 valence electrons. The first-order valence-corrected chi connectivity index (χ1v) is 9.05. The molecule has 5 rings (SSSR count). The molecule has 2 bridgehead atoms. The maximum Gasteiger partial charge on any atom is 0.231 e. The van der Waals surface area contributed by atoms with E-state index in [1.165, 1.54) is 0 Å². The predicted molar refractivity (Wildman–Crippen MR) is 96.9 cm³/mol. The van der Waals surface area contributed by atoms with E-state index in [1.807, 2.05) is 25.4 Å². The van der Waals surface area contributed by atoms with Crippen LogP contribution in [0.4, 0.5) is 11.6 Å². The molecule has 8 heteroatoms. The standard InChI is InChI=1S/C19H20N4O4/c1-11-6-20-19(21-7-11)23-8-13-5-14(17(9-23)27-13)18(24)22-12-2-3-15-16(4-12)26-10-25-15/h2-4,6-7,13-14,17H,5,8-10H2,1H3,(H,22,24)/t13-,14+,17-/m0/s1. The van der Waals surface area contributed by atoms with Crippen molar-refractivity contribution < 1.29 is 19.0 Å². The molecule has 0 aliphatic carbocycles. The van der Waals surface area contributed by atoms with E-state index in [9.17, 15) is 4.79 Å². The van der Waals surface area contributed by atoms with Gasteiger partial charge in [0.1, 0.15) is 0 Å². The van der Waals surface area contributed by atoms with E-state index in [2.05, 4.69) is 20.2 Å². The van der Waals surface area contributed by atoms with Crippen molar-refractivity contribution in [3.63, 3.8) is 0 Å². The van der Waals surface area contributed by atoms with Crippen LogP contribution < -0.4 is 19.7 Å². The minimum Gasteiger partial charge on any atom is -0.454 e. The summed E-state index contributed by atoms with van der Waals surface area (Å²) in [5.74, 6) is 1.80. The molecular formula is C19H20N4O4. The number of rotatable bonds is 3. The summed E-state index contributed by atoms with van der Waals surface area (Å²) < 4.78 is 16.7. The first-order valence-electron chi connectivity index (χ1n) is 9.05. The molecule has 3 aliphatic heterocycles. The Morgan fingerprint density at radius 3 is 2.85 bits per heavy atom. The monoisotopic (exact) mass is 368 g/mol. The van der Waals surface area contributed by atoms with Crippen LogP contribution in [0.5, 0.6) is 11.5 Å². The molecule has 2 fully saturated rings. The van der Waals surface area contributed by atoms with Gasteiger partial charge < -0.3 is 24.4 Å². The van der Waals surface area contributed by atoms with Crippen molar-refractivity contribution in [2.75, 3.05) is 30.1 Å². The number of fused-ring (bicyclic) bond motifs is 3. The highest BCUT2D eigenvalue weighted by atomic mass is 16.7. The molecule has 3 aliphatic rings. The van der Waals surface area contributed by atoms with Crippen LogP contribution in [-0.2, 0) is 9.53 Å². The van der Waals surface area contributed by atoms with Crippen molar-refractivity contribution in [2.45, 2.75) is 25.6 Å². The summed E-state index contributed by atoms with van der Waals surface area (Å²) in [6.45, 7) is 3.49. The second-order valence-corrected chi connectivity index (χ2v) is 7.16. The molecule has 2 aromatic rings. The van der Waals surface area contributed by atoms with Gasteiger partial charge in [0.15, 0.2) is 11.5 Å². The Balaban J connectivity index is 1.27. The summed E-state index contributed by atoms with van der Waals surface area (Å²) in [6.07, 6.45) is 4.17. The molecule has 0 saturated carbocycles. The maximum atomic E-state index is 12.8. The summed E-state index contributed by atoms with van der Waals surface area (Å²) in [4.78, 5) is 23.7. The first kappa shape index (κ1) is 16.3. The van der Waals surface area contributed by atoms with Gasteiger partial charge in [0.25, 0.3) is 0 Å². The van der Waals surface area contributed by atoms with Crippen LogP contribution in [0.25, 0.3) is 0 Å². The van der Waals surface area contributed by atoms with Gasteiger partial charge in [-0.15, -0.1) is 0 Å². The summed E-state index contributed by atoms with van der Waals surface area (Å²) in [6, 6.07) is 5.41.